The molecular formula is C8H14N4S. The van der Waals surface area contributed by atoms with Gasteiger partial charge in [0.15, 0.2) is 5.16 Å². The lowest BCUT2D eigenvalue weighted by Gasteiger charge is -2.00. The van der Waals surface area contributed by atoms with E-state index in [-0.39, 0.29) is 0 Å². The number of rotatable bonds is 5. The smallest absolute Gasteiger partial charge is 0.190 e. The van der Waals surface area contributed by atoms with E-state index in [1.165, 1.54) is 0 Å². The second-order valence-electron chi connectivity index (χ2n) is 2.59. The average Bonchev–Trinajstić information content (AvgIpc) is 2.48. The monoisotopic (exact) mass is 198 g/mol. The summed E-state index contributed by atoms with van der Waals surface area (Å²) in [5.74, 6) is 1.81. The molecule has 0 aliphatic rings. The van der Waals surface area contributed by atoms with Gasteiger partial charge in [-0.2, -0.15) is 0 Å². The van der Waals surface area contributed by atoms with E-state index in [0.717, 1.165) is 23.2 Å². The highest BCUT2D eigenvalue weighted by Crippen LogP contribution is 2.16. The third-order valence-corrected chi connectivity index (χ3v) is 2.71. The first kappa shape index (κ1) is 10.3. The first-order valence-corrected chi connectivity index (χ1v) is 5.10. The largest absolute Gasteiger partial charge is 0.324 e. The molecule has 72 valence electrons. The minimum Gasteiger partial charge on any atom is -0.324 e. The Labute approximate surface area is 82.2 Å². The summed E-state index contributed by atoms with van der Waals surface area (Å²) < 4.78 is 1.92. The van der Waals surface area contributed by atoms with Gasteiger partial charge in [-0.25, -0.2) is 0 Å². The standard InChI is InChI=1S/C8H14N4S/c1-3-4-5-13-8-11-10-7(6-9)12(8)2/h3H,1,4-6,9H2,2H3. The van der Waals surface area contributed by atoms with E-state index in [9.17, 15) is 0 Å². The van der Waals surface area contributed by atoms with Crippen molar-refractivity contribution in [3.8, 4) is 0 Å². The second-order valence-corrected chi connectivity index (χ2v) is 3.65. The fraction of sp³-hybridized carbons (Fsp3) is 0.500. The molecule has 4 nitrogen and oxygen atoms in total. The summed E-state index contributed by atoms with van der Waals surface area (Å²) in [4.78, 5) is 0. The van der Waals surface area contributed by atoms with Gasteiger partial charge in [-0.05, 0) is 6.42 Å². The van der Waals surface area contributed by atoms with Crippen LogP contribution in [0.15, 0.2) is 17.8 Å². The van der Waals surface area contributed by atoms with Gasteiger partial charge in [-0.15, -0.1) is 16.8 Å². The van der Waals surface area contributed by atoms with Gasteiger partial charge in [-0.3, -0.25) is 0 Å². The van der Waals surface area contributed by atoms with E-state index in [4.69, 9.17) is 5.73 Å². The van der Waals surface area contributed by atoms with Gasteiger partial charge in [0, 0.05) is 12.8 Å². The molecular weight excluding hydrogens is 184 g/mol. The molecule has 0 saturated carbocycles. The van der Waals surface area contributed by atoms with E-state index in [1.807, 2.05) is 17.7 Å². The minimum absolute atomic E-state index is 0.436. The van der Waals surface area contributed by atoms with Crippen molar-refractivity contribution < 1.29 is 0 Å². The maximum absolute atomic E-state index is 5.47. The number of aromatic nitrogens is 3. The molecule has 1 rings (SSSR count). The van der Waals surface area contributed by atoms with Crippen LogP contribution >= 0.6 is 11.8 Å². The Morgan fingerprint density at radius 3 is 2.92 bits per heavy atom. The van der Waals surface area contributed by atoms with Gasteiger partial charge in [0.25, 0.3) is 0 Å². The van der Waals surface area contributed by atoms with Crippen molar-refractivity contribution in [2.24, 2.45) is 12.8 Å². The Kier molecular flexibility index (Phi) is 3.98. The molecule has 1 aromatic heterocycles. The molecule has 0 unspecified atom stereocenters. The van der Waals surface area contributed by atoms with Crippen molar-refractivity contribution >= 4 is 11.8 Å². The zero-order chi connectivity index (χ0) is 9.68. The van der Waals surface area contributed by atoms with Crippen LogP contribution in [0.25, 0.3) is 0 Å². The maximum atomic E-state index is 5.47. The molecule has 0 atom stereocenters. The van der Waals surface area contributed by atoms with Gasteiger partial charge in [0.1, 0.15) is 5.82 Å². The Hall–Kier alpha value is -0.810. The van der Waals surface area contributed by atoms with Crippen molar-refractivity contribution in [1.82, 2.24) is 14.8 Å². The number of thioether (sulfide) groups is 1. The zero-order valence-corrected chi connectivity index (χ0v) is 8.55. The maximum Gasteiger partial charge on any atom is 0.190 e. The van der Waals surface area contributed by atoms with Crippen molar-refractivity contribution in [2.45, 2.75) is 18.1 Å². The van der Waals surface area contributed by atoms with Crippen LogP contribution in [0.5, 0.6) is 0 Å². The molecule has 0 aliphatic carbocycles. The molecule has 0 radical (unpaired) electrons. The lowest BCUT2D eigenvalue weighted by molar-refractivity contribution is 0.734. The molecule has 0 fully saturated rings. The highest BCUT2D eigenvalue weighted by molar-refractivity contribution is 7.99. The van der Waals surface area contributed by atoms with Crippen LogP contribution < -0.4 is 5.73 Å². The molecule has 0 aliphatic heterocycles. The number of hydrogen-bond donors (Lipinski definition) is 1. The van der Waals surface area contributed by atoms with E-state index in [1.54, 1.807) is 11.8 Å². The summed E-state index contributed by atoms with van der Waals surface area (Å²) in [7, 11) is 1.93. The number of nitrogens with zero attached hydrogens (tertiary/aromatic N) is 3. The Morgan fingerprint density at radius 1 is 1.62 bits per heavy atom. The fourth-order valence-electron chi connectivity index (χ4n) is 0.882. The lowest BCUT2D eigenvalue weighted by Crippen LogP contribution is -2.05. The molecule has 1 aromatic rings. The van der Waals surface area contributed by atoms with Gasteiger partial charge >= 0.3 is 0 Å². The third-order valence-electron chi connectivity index (χ3n) is 1.66. The summed E-state index contributed by atoms with van der Waals surface area (Å²) in [6.45, 7) is 4.10. The normalized spacial score (nSPS) is 10.3. The van der Waals surface area contributed by atoms with Crippen molar-refractivity contribution in [1.29, 1.82) is 0 Å². The first-order chi connectivity index (χ1) is 6.29. The van der Waals surface area contributed by atoms with Crippen LogP contribution in [0.4, 0.5) is 0 Å². The summed E-state index contributed by atoms with van der Waals surface area (Å²) in [5, 5.41) is 8.89. The average molecular weight is 198 g/mol. The van der Waals surface area contributed by atoms with E-state index in [0.29, 0.717) is 6.54 Å². The molecule has 5 heteroatoms. The van der Waals surface area contributed by atoms with Crippen molar-refractivity contribution in [3.63, 3.8) is 0 Å². The molecule has 1 heterocycles. The molecule has 2 N–H and O–H groups in total. The van der Waals surface area contributed by atoms with Crippen LogP contribution in [-0.2, 0) is 13.6 Å². The summed E-state index contributed by atoms with van der Waals surface area (Å²) >= 11 is 1.67. The first-order valence-electron chi connectivity index (χ1n) is 4.11. The van der Waals surface area contributed by atoms with E-state index >= 15 is 0 Å². The highest BCUT2D eigenvalue weighted by Gasteiger charge is 2.05. The van der Waals surface area contributed by atoms with Gasteiger partial charge in [0.2, 0.25) is 0 Å². The molecule has 0 amide bonds. The fourth-order valence-corrected chi connectivity index (χ4v) is 1.75. The molecule has 0 bridgehead atoms. The number of allylic oxidation sites excluding steroid dienone is 1. The van der Waals surface area contributed by atoms with Crippen molar-refractivity contribution in [2.75, 3.05) is 5.75 Å². The third kappa shape index (κ3) is 2.57. The van der Waals surface area contributed by atoms with Gasteiger partial charge in [-0.1, -0.05) is 17.8 Å². The topological polar surface area (TPSA) is 56.7 Å². The second kappa shape index (κ2) is 5.04. The van der Waals surface area contributed by atoms with Crippen LogP contribution in [0, 0.1) is 0 Å². The number of hydrogen-bond acceptors (Lipinski definition) is 4. The Bertz CT molecular complexity index is 282. The van der Waals surface area contributed by atoms with E-state index < -0.39 is 0 Å². The minimum atomic E-state index is 0.436. The van der Waals surface area contributed by atoms with Crippen LogP contribution in [0.1, 0.15) is 12.2 Å². The molecule has 0 aromatic carbocycles. The SMILES string of the molecule is C=CCCSc1nnc(CN)n1C. The summed E-state index contributed by atoms with van der Waals surface area (Å²) in [6, 6.07) is 0. The summed E-state index contributed by atoms with van der Waals surface area (Å²) in [5.41, 5.74) is 5.47. The molecule has 0 spiro atoms. The zero-order valence-electron chi connectivity index (χ0n) is 7.73. The van der Waals surface area contributed by atoms with Crippen molar-refractivity contribution in [3.05, 3.63) is 18.5 Å². The Morgan fingerprint density at radius 2 is 2.38 bits per heavy atom. The molecule has 0 saturated heterocycles. The number of nitrogens with two attached hydrogens (primary N) is 1. The van der Waals surface area contributed by atoms with Crippen LogP contribution in [0.2, 0.25) is 0 Å². The van der Waals surface area contributed by atoms with Crippen LogP contribution in [-0.4, -0.2) is 20.5 Å². The van der Waals surface area contributed by atoms with Crippen LogP contribution in [0.3, 0.4) is 0 Å². The Balaban J connectivity index is 2.56. The quantitative estimate of drug-likeness (QED) is 0.434. The van der Waals surface area contributed by atoms with Gasteiger partial charge < -0.3 is 10.3 Å². The highest BCUT2D eigenvalue weighted by atomic mass is 32.2. The predicted molar refractivity (Wildman–Crippen MR) is 54.4 cm³/mol. The van der Waals surface area contributed by atoms with Gasteiger partial charge in [0.05, 0.1) is 6.54 Å². The molecule has 13 heavy (non-hydrogen) atoms. The van der Waals surface area contributed by atoms with E-state index in [2.05, 4.69) is 16.8 Å². The predicted octanol–water partition coefficient (Wildman–Crippen LogP) is 0.942. The summed E-state index contributed by atoms with van der Waals surface area (Å²) in [6.07, 6.45) is 2.88. The lowest BCUT2D eigenvalue weighted by atomic mass is 10.5.